The number of amides is 2. The molecule has 0 fully saturated rings. The number of ether oxygens (including phenoxy) is 1. The molecule has 0 radical (unpaired) electrons. The molecule has 1 aromatic carbocycles. The molecule has 0 unspecified atom stereocenters. The molecule has 0 aliphatic rings. The molecule has 1 N–H and O–H groups in total. The molecule has 0 aliphatic carbocycles. The first-order valence-electron chi connectivity index (χ1n) is 8.13. The molecule has 1 atom stereocenters. The second-order valence-electron chi connectivity index (χ2n) is 6.02. The Hall–Kier alpha value is -2.84. The third-order valence-electron chi connectivity index (χ3n) is 3.80. The van der Waals surface area contributed by atoms with Gasteiger partial charge in [-0.05, 0) is 24.6 Å². The summed E-state index contributed by atoms with van der Waals surface area (Å²) < 4.78 is 56.3. The van der Waals surface area contributed by atoms with E-state index in [-0.39, 0.29) is 24.5 Å². The van der Waals surface area contributed by atoms with Crippen LogP contribution in [0.25, 0.3) is 0 Å². The first-order chi connectivity index (χ1) is 12.6. The van der Waals surface area contributed by atoms with Crippen molar-refractivity contribution in [2.24, 2.45) is 5.92 Å². The normalized spacial score (nSPS) is 12.4. The number of nitrogens with zero attached hydrogens (tertiary/aromatic N) is 2. The molecule has 0 aliphatic heterocycles. The van der Waals surface area contributed by atoms with E-state index in [0.29, 0.717) is 5.75 Å². The molecular weight excluding hydrogens is 366 g/mol. The van der Waals surface area contributed by atoms with Gasteiger partial charge < -0.3 is 9.64 Å². The van der Waals surface area contributed by atoms with Crippen LogP contribution >= 0.6 is 0 Å². The van der Waals surface area contributed by atoms with Crippen LogP contribution in [0.5, 0.6) is 11.5 Å². The van der Waals surface area contributed by atoms with E-state index in [2.05, 4.69) is 10.3 Å². The fourth-order valence-electron chi connectivity index (χ4n) is 2.07. The number of urea groups is 1. The summed E-state index contributed by atoms with van der Waals surface area (Å²) in [6.07, 6.45) is -3.11. The minimum absolute atomic E-state index is 0.0635. The summed E-state index contributed by atoms with van der Waals surface area (Å²) in [7, 11) is 1.39. The maximum absolute atomic E-state index is 13.2. The molecular formula is C18H19F4N3O2. The Kier molecular flexibility index (Phi) is 6.59. The highest BCUT2D eigenvalue weighted by atomic mass is 19.4. The van der Waals surface area contributed by atoms with Gasteiger partial charge in [0.25, 0.3) is 0 Å². The van der Waals surface area contributed by atoms with E-state index in [1.165, 1.54) is 43.6 Å². The predicted molar refractivity (Wildman–Crippen MR) is 92.2 cm³/mol. The van der Waals surface area contributed by atoms with Crippen LogP contribution in [0, 0.1) is 11.7 Å². The van der Waals surface area contributed by atoms with Crippen LogP contribution in [0.15, 0.2) is 42.6 Å². The van der Waals surface area contributed by atoms with Crippen molar-refractivity contribution in [1.29, 1.82) is 0 Å². The Morgan fingerprint density at radius 1 is 1.26 bits per heavy atom. The second-order valence-corrected chi connectivity index (χ2v) is 6.02. The summed E-state index contributed by atoms with van der Waals surface area (Å²) in [6, 6.07) is 7.89. The quantitative estimate of drug-likeness (QED) is 0.707. The number of alkyl halides is 3. The van der Waals surface area contributed by atoms with Crippen LogP contribution < -0.4 is 10.1 Å². The topological polar surface area (TPSA) is 54.5 Å². The molecule has 1 aromatic heterocycles. The number of rotatable bonds is 6. The van der Waals surface area contributed by atoms with E-state index >= 15 is 0 Å². The third kappa shape index (κ3) is 6.43. The van der Waals surface area contributed by atoms with Crippen LogP contribution in [0.4, 0.5) is 28.2 Å². The zero-order chi connectivity index (χ0) is 20.0. The van der Waals surface area contributed by atoms with Crippen LogP contribution in [0.1, 0.15) is 13.3 Å². The van der Waals surface area contributed by atoms with Gasteiger partial charge in [-0.25, -0.2) is 14.2 Å². The Labute approximate surface area is 154 Å². The number of nitrogens with one attached hydrogen (secondary N) is 1. The van der Waals surface area contributed by atoms with E-state index in [0.717, 1.165) is 11.8 Å². The number of carbonyl (C=O) groups excluding carboxylic acids is 1. The Morgan fingerprint density at radius 3 is 2.63 bits per heavy atom. The van der Waals surface area contributed by atoms with Crippen LogP contribution in [0.2, 0.25) is 0 Å². The van der Waals surface area contributed by atoms with Crippen molar-refractivity contribution >= 4 is 11.8 Å². The van der Waals surface area contributed by atoms with Gasteiger partial charge in [0.15, 0.2) is 0 Å². The van der Waals surface area contributed by atoms with Crippen molar-refractivity contribution in [1.82, 2.24) is 9.88 Å². The molecule has 9 heteroatoms. The maximum Gasteiger partial charge on any atom is 0.391 e. The molecule has 2 aromatic rings. The maximum atomic E-state index is 13.2. The highest BCUT2D eigenvalue weighted by molar-refractivity contribution is 5.88. The number of aromatic nitrogens is 1. The predicted octanol–water partition coefficient (Wildman–Crippen LogP) is 5.07. The van der Waals surface area contributed by atoms with Crippen molar-refractivity contribution in [2.75, 3.05) is 18.9 Å². The number of halogens is 4. The lowest BCUT2D eigenvalue weighted by Gasteiger charge is -2.21. The van der Waals surface area contributed by atoms with Crippen molar-refractivity contribution in [2.45, 2.75) is 19.5 Å². The first kappa shape index (κ1) is 20.5. The third-order valence-corrected chi connectivity index (χ3v) is 3.80. The number of hydrogen-bond acceptors (Lipinski definition) is 3. The van der Waals surface area contributed by atoms with E-state index in [9.17, 15) is 22.4 Å². The summed E-state index contributed by atoms with van der Waals surface area (Å²) in [4.78, 5) is 17.2. The van der Waals surface area contributed by atoms with Gasteiger partial charge in [0.1, 0.15) is 23.1 Å². The smallest absolute Gasteiger partial charge is 0.391 e. The molecule has 5 nitrogen and oxygen atoms in total. The summed E-state index contributed by atoms with van der Waals surface area (Å²) >= 11 is 0. The molecule has 2 rings (SSSR count). The summed E-state index contributed by atoms with van der Waals surface area (Å²) in [5.74, 6) is -1.21. The molecule has 0 bridgehead atoms. The fraction of sp³-hybridized carbons (Fsp3) is 0.333. The molecule has 0 spiro atoms. The zero-order valence-electron chi connectivity index (χ0n) is 14.8. The highest BCUT2D eigenvalue weighted by Gasteiger charge is 2.35. The van der Waals surface area contributed by atoms with Crippen LogP contribution in [0.3, 0.4) is 0 Å². The average Bonchev–Trinajstić information content (AvgIpc) is 2.58. The lowest BCUT2D eigenvalue weighted by Crippen LogP contribution is -2.34. The lowest BCUT2D eigenvalue weighted by atomic mass is 10.1. The van der Waals surface area contributed by atoms with Gasteiger partial charge in [-0.3, -0.25) is 5.32 Å². The van der Waals surface area contributed by atoms with Gasteiger partial charge in [-0.2, -0.15) is 13.2 Å². The van der Waals surface area contributed by atoms with Crippen molar-refractivity contribution < 1.29 is 27.1 Å². The van der Waals surface area contributed by atoms with Crippen molar-refractivity contribution in [3.8, 4) is 11.5 Å². The minimum atomic E-state index is -4.29. The number of anilines is 1. The Bertz CT molecular complexity index is 783. The standard InChI is InChI=1S/C18H19F4N3O2/c1-12(18(20,21)22)7-9-25(2)17(26)24-16-11-15(6-8-23-16)27-14-5-3-4-13(19)10-14/h3-6,8,10-12H,7,9H2,1-2H3,(H,23,24,26)/t12-/m0/s1. The van der Waals surface area contributed by atoms with E-state index < -0.39 is 23.9 Å². The lowest BCUT2D eigenvalue weighted by molar-refractivity contribution is -0.171. The molecule has 0 saturated heterocycles. The Balaban J connectivity index is 1.93. The molecule has 27 heavy (non-hydrogen) atoms. The van der Waals surface area contributed by atoms with Gasteiger partial charge in [0.2, 0.25) is 0 Å². The van der Waals surface area contributed by atoms with E-state index in [4.69, 9.17) is 4.74 Å². The zero-order valence-corrected chi connectivity index (χ0v) is 14.8. The number of benzene rings is 1. The monoisotopic (exact) mass is 385 g/mol. The van der Waals surface area contributed by atoms with Crippen molar-refractivity contribution in [3.05, 3.63) is 48.4 Å². The highest BCUT2D eigenvalue weighted by Crippen LogP contribution is 2.28. The van der Waals surface area contributed by atoms with Gasteiger partial charge >= 0.3 is 12.2 Å². The first-order valence-corrected chi connectivity index (χ1v) is 8.13. The number of carbonyl (C=O) groups is 1. The van der Waals surface area contributed by atoms with Crippen molar-refractivity contribution in [3.63, 3.8) is 0 Å². The average molecular weight is 385 g/mol. The van der Waals surface area contributed by atoms with E-state index in [1.54, 1.807) is 6.07 Å². The fourth-order valence-corrected chi connectivity index (χ4v) is 2.07. The molecule has 1 heterocycles. The largest absolute Gasteiger partial charge is 0.457 e. The van der Waals surface area contributed by atoms with Gasteiger partial charge in [-0.1, -0.05) is 13.0 Å². The summed E-state index contributed by atoms with van der Waals surface area (Å²) in [5, 5.41) is 2.48. The SMILES string of the molecule is C[C@@H](CCN(C)C(=O)Nc1cc(Oc2cccc(F)c2)ccn1)C(F)(F)F. The molecule has 2 amide bonds. The van der Waals surface area contributed by atoms with E-state index in [1.807, 2.05) is 0 Å². The summed E-state index contributed by atoms with van der Waals surface area (Å²) in [6.45, 7) is 1.01. The van der Waals surface area contributed by atoms with Crippen LogP contribution in [-0.2, 0) is 0 Å². The summed E-state index contributed by atoms with van der Waals surface area (Å²) in [5.41, 5.74) is 0. The minimum Gasteiger partial charge on any atom is -0.457 e. The molecule has 146 valence electrons. The second kappa shape index (κ2) is 8.70. The number of pyridine rings is 1. The van der Waals surface area contributed by atoms with Gasteiger partial charge in [-0.15, -0.1) is 0 Å². The van der Waals surface area contributed by atoms with Crippen LogP contribution in [-0.4, -0.2) is 35.7 Å². The molecule has 0 saturated carbocycles. The van der Waals surface area contributed by atoms with Gasteiger partial charge in [0.05, 0.1) is 5.92 Å². The Morgan fingerprint density at radius 2 is 1.96 bits per heavy atom. The number of hydrogen-bond donors (Lipinski definition) is 1. The van der Waals surface area contributed by atoms with Gasteiger partial charge in [0, 0.05) is 31.9 Å².